The van der Waals surface area contributed by atoms with E-state index in [9.17, 15) is 10.0 Å². The number of halogens is 1. The van der Waals surface area contributed by atoms with Gasteiger partial charge in [0.2, 0.25) is 0 Å². The molecule has 0 unspecified atom stereocenters. The van der Waals surface area contributed by atoms with Gasteiger partial charge in [0.15, 0.2) is 12.4 Å². The zero-order chi connectivity index (χ0) is 13.1. The van der Waals surface area contributed by atoms with Crippen LogP contribution in [0.4, 0.5) is 0 Å². The van der Waals surface area contributed by atoms with E-state index in [2.05, 4.69) is 0 Å². The summed E-state index contributed by atoms with van der Waals surface area (Å²) < 4.78 is 0.468. The summed E-state index contributed by atoms with van der Waals surface area (Å²) in [5.41, 5.74) is -0.0209. The first-order chi connectivity index (χ1) is 8.56. The highest BCUT2D eigenvalue weighted by molar-refractivity contribution is 7.99. The molecule has 0 atom stereocenters. The minimum atomic E-state index is -1.13. The Morgan fingerprint density at radius 1 is 1.28 bits per heavy atom. The first kappa shape index (κ1) is 12.7. The number of hydrogen-bond acceptors (Lipinski definition) is 3. The number of aromatic nitrogens is 1. The van der Waals surface area contributed by atoms with Crippen molar-refractivity contribution in [2.24, 2.45) is 0 Å². The summed E-state index contributed by atoms with van der Waals surface area (Å²) in [6.07, 6.45) is 2.31. The van der Waals surface area contributed by atoms with Crippen molar-refractivity contribution >= 4 is 29.3 Å². The normalized spacial score (nSPS) is 10.3. The van der Waals surface area contributed by atoms with Crippen LogP contribution < -0.4 is 4.73 Å². The third kappa shape index (κ3) is 2.94. The Labute approximate surface area is 112 Å². The predicted molar refractivity (Wildman–Crippen MR) is 67.9 cm³/mol. The monoisotopic (exact) mass is 281 g/mol. The van der Waals surface area contributed by atoms with E-state index in [0.717, 1.165) is 11.1 Å². The summed E-state index contributed by atoms with van der Waals surface area (Å²) in [6, 6.07) is 8.51. The number of pyridine rings is 1. The first-order valence-corrected chi connectivity index (χ1v) is 6.15. The van der Waals surface area contributed by atoms with E-state index in [1.54, 1.807) is 24.3 Å². The van der Waals surface area contributed by atoms with Crippen molar-refractivity contribution in [3.63, 3.8) is 0 Å². The van der Waals surface area contributed by atoms with E-state index < -0.39 is 5.97 Å². The number of aromatic carboxylic acids is 1. The van der Waals surface area contributed by atoms with Gasteiger partial charge in [-0.25, -0.2) is 4.79 Å². The number of rotatable bonds is 3. The Kier molecular flexibility index (Phi) is 3.74. The molecular weight excluding hydrogens is 274 g/mol. The van der Waals surface area contributed by atoms with Gasteiger partial charge in [-0.15, -0.1) is 0 Å². The molecule has 0 aliphatic carbocycles. The lowest BCUT2D eigenvalue weighted by Crippen LogP contribution is -2.26. The molecule has 1 aromatic heterocycles. The molecule has 2 aromatic rings. The largest absolute Gasteiger partial charge is 0.619 e. The van der Waals surface area contributed by atoms with Crippen LogP contribution in [0.1, 0.15) is 10.4 Å². The van der Waals surface area contributed by atoms with Gasteiger partial charge in [0.05, 0.1) is 0 Å². The van der Waals surface area contributed by atoms with E-state index >= 15 is 0 Å². The number of benzene rings is 1. The quantitative estimate of drug-likeness (QED) is 0.694. The molecule has 0 amide bonds. The van der Waals surface area contributed by atoms with Crippen molar-refractivity contribution in [3.05, 3.63) is 58.5 Å². The van der Waals surface area contributed by atoms with Crippen molar-refractivity contribution in [1.29, 1.82) is 0 Å². The van der Waals surface area contributed by atoms with Crippen LogP contribution in [0.3, 0.4) is 0 Å². The molecule has 4 nitrogen and oxygen atoms in total. The van der Waals surface area contributed by atoms with Gasteiger partial charge in [0.1, 0.15) is 5.56 Å². The summed E-state index contributed by atoms with van der Waals surface area (Å²) >= 11 is 7.04. The maximum Gasteiger partial charge on any atom is 0.343 e. The molecule has 1 N–H and O–H groups in total. The summed E-state index contributed by atoms with van der Waals surface area (Å²) in [4.78, 5) is 12.4. The number of carboxylic acid groups (broad SMARTS) is 1. The van der Waals surface area contributed by atoms with Crippen molar-refractivity contribution < 1.29 is 14.6 Å². The first-order valence-electron chi connectivity index (χ1n) is 4.96. The zero-order valence-corrected chi connectivity index (χ0v) is 10.6. The Bertz CT molecular complexity index is 586. The highest BCUT2D eigenvalue weighted by Crippen LogP contribution is 2.30. The average molecular weight is 282 g/mol. The standard InChI is InChI=1S/C12H8ClNO3S/c13-8-1-3-9(4-2-8)18-11-5-6-14(17)7-10(11)12(15)16/h1-7H,(H,15,16). The highest BCUT2D eigenvalue weighted by Gasteiger charge is 2.15. The van der Waals surface area contributed by atoms with Gasteiger partial charge in [-0.05, 0) is 24.3 Å². The van der Waals surface area contributed by atoms with Gasteiger partial charge in [0.25, 0.3) is 0 Å². The van der Waals surface area contributed by atoms with Gasteiger partial charge >= 0.3 is 5.97 Å². The zero-order valence-electron chi connectivity index (χ0n) is 9.04. The average Bonchev–Trinajstić information content (AvgIpc) is 2.34. The number of hydrogen-bond donors (Lipinski definition) is 1. The fraction of sp³-hybridized carbons (Fsp3) is 0. The lowest BCUT2D eigenvalue weighted by molar-refractivity contribution is -0.605. The summed E-state index contributed by atoms with van der Waals surface area (Å²) in [6.45, 7) is 0. The molecule has 6 heteroatoms. The van der Waals surface area contributed by atoms with Crippen LogP contribution in [0.15, 0.2) is 52.5 Å². The Morgan fingerprint density at radius 3 is 2.56 bits per heavy atom. The molecule has 0 aliphatic rings. The molecule has 92 valence electrons. The maximum atomic E-state index is 11.1. The van der Waals surface area contributed by atoms with E-state index in [0.29, 0.717) is 14.6 Å². The molecular formula is C12H8ClNO3S. The minimum absolute atomic E-state index is 0.0209. The molecule has 0 saturated heterocycles. The molecule has 18 heavy (non-hydrogen) atoms. The van der Waals surface area contributed by atoms with Crippen molar-refractivity contribution in [3.8, 4) is 0 Å². The molecule has 0 spiro atoms. The third-order valence-electron chi connectivity index (χ3n) is 2.17. The molecule has 1 heterocycles. The van der Waals surface area contributed by atoms with Crippen LogP contribution in [0.25, 0.3) is 0 Å². The molecule has 1 aromatic carbocycles. The second kappa shape index (κ2) is 5.29. The van der Waals surface area contributed by atoms with Crippen LogP contribution >= 0.6 is 23.4 Å². The fourth-order valence-corrected chi connectivity index (χ4v) is 2.38. The lowest BCUT2D eigenvalue weighted by Gasteiger charge is -2.05. The smallest absolute Gasteiger partial charge is 0.343 e. The molecule has 2 rings (SSSR count). The van der Waals surface area contributed by atoms with E-state index in [-0.39, 0.29) is 5.56 Å². The molecule has 0 aliphatic heterocycles. The number of carboxylic acids is 1. The number of nitrogens with zero attached hydrogens (tertiary/aromatic N) is 1. The van der Waals surface area contributed by atoms with Crippen LogP contribution in [-0.2, 0) is 0 Å². The van der Waals surface area contributed by atoms with E-state index in [1.165, 1.54) is 24.0 Å². The molecule has 0 radical (unpaired) electrons. The Balaban J connectivity index is 2.34. The van der Waals surface area contributed by atoms with Gasteiger partial charge in [-0.2, -0.15) is 4.73 Å². The lowest BCUT2D eigenvalue weighted by atomic mass is 10.3. The van der Waals surface area contributed by atoms with E-state index in [4.69, 9.17) is 16.7 Å². The van der Waals surface area contributed by atoms with Gasteiger partial charge in [-0.1, -0.05) is 23.4 Å². The number of carbonyl (C=O) groups is 1. The van der Waals surface area contributed by atoms with Crippen molar-refractivity contribution in [1.82, 2.24) is 0 Å². The van der Waals surface area contributed by atoms with Crippen molar-refractivity contribution in [2.45, 2.75) is 9.79 Å². The van der Waals surface area contributed by atoms with Crippen molar-refractivity contribution in [2.75, 3.05) is 0 Å². The van der Waals surface area contributed by atoms with E-state index in [1.807, 2.05) is 0 Å². The Hall–Kier alpha value is -1.72. The SMILES string of the molecule is O=C(O)c1c[n+]([O-])ccc1Sc1ccc(Cl)cc1. The second-order valence-corrected chi connectivity index (χ2v) is 5.00. The molecule has 0 fully saturated rings. The predicted octanol–water partition coefficient (Wildman–Crippen LogP) is 2.82. The maximum absolute atomic E-state index is 11.1. The minimum Gasteiger partial charge on any atom is -0.619 e. The van der Waals surface area contributed by atoms with Crippen LogP contribution in [0.2, 0.25) is 5.02 Å². The van der Waals surface area contributed by atoms with Crippen LogP contribution in [0, 0.1) is 5.21 Å². The van der Waals surface area contributed by atoms with Gasteiger partial charge in [0, 0.05) is 20.9 Å². The second-order valence-electron chi connectivity index (χ2n) is 3.44. The fourth-order valence-electron chi connectivity index (χ4n) is 1.34. The highest BCUT2D eigenvalue weighted by atomic mass is 35.5. The third-order valence-corrected chi connectivity index (χ3v) is 3.50. The topological polar surface area (TPSA) is 64.2 Å². The molecule has 0 saturated carbocycles. The van der Waals surface area contributed by atoms with Gasteiger partial charge in [-0.3, -0.25) is 0 Å². The summed E-state index contributed by atoms with van der Waals surface area (Å²) in [7, 11) is 0. The molecule has 0 bridgehead atoms. The van der Waals surface area contributed by atoms with Gasteiger partial charge < -0.3 is 10.3 Å². The van der Waals surface area contributed by atoms with Crippen LogP contribution in [0.5, 0.6) is 0 Å². The summed E-state index contributed by atoms with van der Waals surface area (Å²) in [5.74, 6) is -1.13. The summed E-state index contributed by atoms with van der Waals surface area (Å²) in [5, 5.41) is 20.7. The van der Waals surface area contributed by atoms with Crippen LogP contribution in [-0.4, -0.2) is 11.1 Å². The Morgan fingerprint density at radius 2 is 1.94 bits per heavy atom.